The third kappa shape index (κ3) is 2.47. The maximum atomic E-state index is 13.5. The van der Waals surface area contributed by atoms with Crippen LogP contribution in [0.1, 0.15) is 39.5 Å². The van der Waals surface area contributed by atoms with Gasteiger partial charge in [-0.1, -0.05) is 30.3 Å². The van der Waals surface area contributed by atoms with E-state index in [2.05, 4.69) is 19.9 Å². The summed E-state index contributed by atoms with van der Waals surface area (Å²) in [5.41, 5.74) is 8.28. The molecule has 6 heteroatoms. The molecule has 2 aromatic heterocycles. The lowest BCUT2D eigenvalue weighted by Crippen LogP contribution is -2.37. The highest BCUT2D eigenvalue weighted by atomic mass is 16.3. The quantitative estimate of drug-likeness (QED) is 0.504. The van der Waals surface area contributed by atoms with Gasteiger partial charge in [-0.2, -0.15) is 0 Å². The van der Waals surface area contributed by atoms with Crippen LogP contribution in [0.5, 0.6) is 0 Å². The number of fused-ring (bicyclic) bond motifs is 4. The minimum absolute atomic E-state index is 0.327. The van der Waals surface area contributed by atoms with Crippen molar-refractivity contribution >= 4 is 11.0 Å². The molecule has 5 rings (SSSR count). The SMILES string of the molecule is Cc1cc(C)c(-c2c3c(nc4c2c(=O)n(C)c(=O)n4C)-c2ccccc2[C@@H]3O)c(C)c1C. The first-order chi connectivity index (χ1) is 15.1. The van der Waals surface area contributed by atoms with E-state index < -0.39 is 17.4 Å². The highest BCUT2D eigenvalue weighted by molar-refractivity contribution is 6.01. The first kappa shape index (κ1) is 20.4. The zero-order chi connectivity index (χ0) is 23.1. The summed E-state index contributed by atoms with van der Waals surface area (Å²) in [5, 5.41) is 11.8. The molecule has 4 aromatic rings. The Kier molecular flexibility index (Phi) is 4.30. The van der Waals surface area contributed by atoms with Gasteiger partial charge in [0.05, 0.1) is 11.1 Å². The summed E-state index contributed by atoms with van der Waals surface area (Å²) in [7, 11) is 3.11. The number of hydrogen-bond acceptors (Lipinski definition) is 4. The summed E-state index contributed by atoms with van der Waals surface area (Å²) in [6.45, 7) is 8.20. The Bertz CT molecular complexity index is 1590. The van der Waals surface area contributed by atoms with Gasteiger partial charge in [0.1, 0.15) is 6.10 Å². The van der Waals surface area contributed by atoms with Gasteiger partial charge in [-0.3, -0.25) is 13.9 Å². The van der Waals surface area contributed by atoms with Gasteiger partial charge in [-0.15, -0.1) is 0 Å². The molecule has 0 saturated carbocycles. The van der Waals surface area contributed by atoms with Crippen LogP contribution in [0.25, 0.3) is 33.4 Å². The van der Waals surface area contributed by atoms with E-state index in [-0.39, 0.29) is 0 Å². The monoisotopic (exact) mass is 427 g/mol. The van der Waals surface area contributed by atoms with Crippen molar-refractivity contribution in [3.05, 3.63) is 84.6 Å². The van der Waals surface area contributed by atoms with Gasteiger partial charge in [-0.05, 0) is 61.1 Å². The molecule has 2 aromatic carbocycles. The summed E-state index contributed by atoms with van der Waals surface area (Å²) < 4.78 is 2.53. The van der Waals surface area contributed by atoms with Gasteiger partial charge in [-0.25, -0.2) is 9.78 Å². The van der Waals surface area contributed by atoms with Crippen LogP contribution in [-0.4, -0.2) is 19.2 Å². The van der Waals surface area contributed by atoms with E-state index in [9.17, 15) is 14.7 Å². The van der Waals surface area contributed by atoms with Crippen LogP contribution >= 0.6 is 0 Å². The van der Waals surface area contributed by atoms with Gasteiger partial charge in [0.25, 0.3) is 5.56 Å². The van der Waals surface area contributed by atoms with Crippen molar-refractivity contribution in [2.75, 3.05) is 0 Å². The van der Waals surface area contributed by atoms with Crippen LogP contribution in [-0.2, 0) is 14.1 Å². The predicted octanol–water partition coefficient (Wildman–Crippen LogP) is 3.59. The van der Waals surface area contributed by atoms with Crippen LogP contribution in [0.4, 0.5) is 0 Å². The minimum atomic E-state index is -0.907. The number of aryl methyl sites for hydroxylation is 3. The van der Waals surface area contributed by atoms with Crippen molar-refractivity contribution in [1.29, 1.82) is 0 Å². The molecule has 1 aliphatic rings. The lowest BCUT2D eigenvalue weighted by atomic mass is 9.85. The normalized spacial score (nSPS) is 14.7. The minimum Gasteiger partial charge on any atom is -0.384 e. The zero-order valence-electron chi connectivity index (χ0n) is 19.1. The maximum absolute atomic E-state index is 13.5. The Balaban J connectivity index is 2.11. The third-order valence-electron chi connectivity index (χ3n) is 7.02. The van der Waals surface area contributed by atoms with Crippen molar-refractivity contribution in [2.24, 2.45) is 14.1 Å². The molecule has 0 unspecified atom stereocenters. The van der Waals surface area contributed by atoms with E-state index in [0.717, 1.165) is 37.9 Å². The zero-order valence-corrected chi connectivity index (χ0v) is 19.1. The number of nitrogens with zero attached hydrogens (tertiary/aromatic N) is 3. The molecule has 1 N–H and O–H groups in total. The molecule has 0 aliphatic heterocycles. The Morgan fingerprint density at radius 3 is 2.31 bits per heavy atom. The standard InChI is InChI=1S/C26H25N3O3/c1-12-11-13(2)18(15(4)14(12)3)19-20-22(16-9-7-8-10-17(16)23(20)30)27-24-21(19)25(31)29(6)26(32)28(24)5/h7-11,23,30H,1-6H3/t23-/m0/s1. The number of hydrogen-bond donors (Lipinski definition) is 1. The van der Waals surface area contributed by atoms with Crippen molar-refractivity contribution < 1.29 is 5.11 Å². The fourth-order valence-electron chi connectivity index (χ4n) is 5.11. The third-order valence-corrected chi connectivity index (χ3v) is 7.02. The highest BCUT2D eigenvalue weighted by Crippen LogP contribution is 2.49. The van der Waals surface area contributed by atoms with Gasteiger partial charge in [0, 0.05) is 30.8 Å². The molecule has 0 amide bonds. The van der Waals surface area contributed by atoms with Gasteiger partial charge < -0.3 is 5.11 Å². The predicted molar refractivity (Wildman–Crippen MR) is 126 cm³/mol. The first-order valence-corrected chi connectivity index (χ1v) is 10.6. The highest BCUT2D eigenvalue weighted by Gasteiger charge is 2.35. The van der Waals surface area contributed by atoms with Crippen LogP contribution in [0.2, 0.25) is 0 Å². The van der Waals surface area contributed by atoms with Crippen molar-refractivity contribution in [1.82, 2.24) is 14.1 Å². The maximum Gasteiger partial charge on any atom is 0.332 e. The molecule has 162 valence electrons. The molecule has 0 saturated heterocycles. The Labute approximate surface area is 185 Å². The Hall–Kier alpha value is -3.51. The Morgan fingerprint density at radius 2 is 1.59 bits per heavy atom. The second-order valence-corrected chi connectivity index (χ2v) is 8.78. The average molecular weight is 428 g/mol. The fourth-order valence-corrected chi connectivity index (χ4v) is 5.11. The van der Waals surface area contributed by atoms with Crippen LogP contribution < -0.4 is 11.2 Å². The number of pyridine rings is 1. The molecular formula is C26H25N3O3. The molecule has 1 atom stereocenters. The lowest BCUT2D eigenvalue weighted by molar-refractivity contribution is 0.225. The fraction of sp³-hybridized carbons (Fsp3) is 0.269. The molecule has 6 nitrogen and oxygen atoms in total. The Morgan fingerprint density at radius 1 is 0.906 bits per heavy atom. The van der Waals surface area contributed by atoms with Gasteiger partial charge in [0.2, 0.25) is 0 Å². The molecule has 2 heterocycles. The number of benzene rings is 2. The van der Waals surface area contributed by atoms with Crippen molar-refractivity contribution in [3.8, 4) is 22.4 Å². The molecular weight excluding hydrogens is 402 g/mol. The molecule has 0 fully saturated rings. The number of aliphatic hydroxyl groups excluding tert-OH is 1. The summed E-state index contributed by atoms with van der Waals surface area (Å²) in [5.74, 6) is 0. The van der Waals surface area contributed by atoms with Crippen molar-refractivity contribution in [2.45, 2.75) is 33.8 Å². The molecule has 0 bridgehead atoms. The molecule has 1 aliphatic carbocycles. The second-order valence-electron chi connectivity index (χ2n) is 8.78. The van der Waals surface area contributed by atoms with E-state index in [1.165, 1.54) is 17.2 Å². The molecule has 0 spiro atoms. The van der Waals surface area contributed by atoms with Crippen molar-refractivity contribution in [3.63, 3.8) is 0 Å². The first-order valence-electron chi connectivity index (χ1n) is 10.6. The van der Waals surface area contributed by atoms with Gasteiger partial charge >= 0.3 is 5.69 Å². The van der Waals surface area contributed by atoms with Crippen LogP contribution in [0.15, 0.2) is 39.9 Å². The van der Waals surface area contributed by atoms with Crippen LogP contribution in [0, 0.1) is 27.7 Å². The second kappa shape index (κ2) is 6.74. The molecule has 32 heavy (non-hydrogen) atoms. The summed E-state index contributed by atoms with van der Waals surface area (Å²) in [6.07, 6.45) is -0.907. The lowest BCUT2D eigenvalue weighted by Gasteiger charge is -2.21. The largest absolute Gasteiger partial charge is 0.384 e. The average Bonchev–Trinajstić information content (AvgIpc) is 3.06. The van der Waals surface area contributed by atoms with E-state index in [1.807, 2.05) is 38.1 Å². The number of aromatic nitrogens is 3. The smallest absolute Gasteiger partial charge is 0.332 e. The number of aliphatic hydroxyl groups is 1. The van der Waals surface area contributed by atoms with Crippen LogP contribution in [0.3, 0.4) is 0 Å². The molecule has 0 radical (unpaired) electrons. The number of rotatable bonds is 1. The summed E-state index contributed by atoms with van der Waals surface area (Å²) in [4.78, 5) is 31.0. The van der Waals surface area contributed by atoms with E-state index in [1.54, 1.807) is 7.05 Å². The summed E-state index contributed by atoms with van der Waals surface area (Å²) in [6, 6.07) is 9.70. The van der Waals surface area contributed by atoms with E-state index in [0.29, 0.717) is 27.9 Å². The van der Waals surface area contributed by atoms with E-state index >= 15 is 0 Å². The summed E-state index contributed by atoms with van der Waals surface area (Å²) >= 11 is 0. The van der Waals surface area contributed by atoms with Gasteiger partial charge in [0.15, 0.2) is 5.65 Å². The van der Waals surface area contributed by atoms with E-state index in [4.69, 9.17) is 4.98 Å². The topological polar surface area (TPSA) is 77.1 Å².